The van der Waals surface area contributed by atoms with Gasteiger partial charge in [-0.15, -0.1) is 0 Å². The van der Waals surface area contributed by atoms with Gasteiger partial charge in [0.15, 0.2) is 0 Å². The summed E-state index contributed by atoms with van der Waals surface area (Å²) < 4.78 is 16.3. The fraction of sp³-hybridized carbons (Fsp3) is 0.909. The molecule has 0 fully saturated rings. The van der Waals surface area contributed by atoms with Crippen molar-refractivity contribution in [1.82, 2.24) is 0 Å². The van der Waals surface area contributed by atoms with Crippen molar-refractivity contribution in [2.24, 2.45) is 5.92 Å². The van der Waals surface area contributed by atoms with Crippen LogP contribution in [0.25, 0.3) is 0 Å². The van der Waals surface area contributed by atoms with E-state index in [1.165, 1.54) is 70.8 Å². The maximum Gasteiger partial charge on any atom is 0.500 e. The molecule has 0 aliphatic rings. The standard InChI is InChI=1S/C22H47NO3Si.ClH/c1-22(2)18-15-13-11-9-7-6-8-10-12-14-16-19-23-20-17-21-27(24-3,25-4)26-5;/h9,11,22-23H,6-8,10,12-21H2,1-5H3;1H/b11-9-;. The smallest absolute Gasteiger partial charge is 0.500 e. The summed E-state index contributed by atoms with van der Waals surface area (Å²) in [7, 11) is 2.71. The van der Waals surface area contributed by atoms with Crippen molar-refractivity contribution in [3.05, 3.63) is 12.2 Å². The Bertz CT molecular complexity index is 331. The number of nitrogens with two attached hydrogens (primary N) is 1. The molecule has 0 aliphatic carbocycles. The van der Waals surface area contributed by atoms with Gasteiger partial charge >= 0.3 is 8.80 Å². The molecule has 0 aromatic rings. The molecule has 4 nitrogen and oxygen atoms in total. The Morgan fingerprint density at radius 1 is 0.714 bits per heavy atom. The van der Waals surface area contributed by atoms with Crippen molar-refractivity contribution >= 4 is 8.80 Å². The Labute approximate surface area is 183 Å². The van der Waals surface area contributed by atoms with Gasteiger partial charge in [-0.25, -0.2) is 0 Å². The Balaban J connectivity index is 0. The summed E-state index contributed by atoms with van der Waals surface area (Å²) in [6.45, 7) is 6.98. The third-order valence-electron chi connectivity index (χ3n) is 5.17. The molecular weight excluding hydrogens is 390 g/mol. The van der Waals surface area contributed by atoms with Crippen LogP contribution in [-0.4, -0.2) is 43.2 Å². The van der Waals surface area contributed by atoms with E-state index >= 15 is 0 Å². The zero-order valence-corrected chi connectivity index (χ0v) is 21.1. The second-order valence-electron chi connectivity index (χ2n) is 7.97. The summed E-state index contributed by atoms with van der Waals surface area (Å²) in [6, 6.07) is 0.902. The van der Waals surface area contributed by atoms with E-state index in [1.54, 1.807) is 21.3 Å². The molecule has 0 atom stereocenters. The fourth-order valence-electron chi connectivity index (χ4n) is 3.30. The molecule has 0 unspecified atom stereocenters. The van der Waals surface area contributed by atoms with Gasteiger partial charge in [0.05, 0.1) is 13.1 Å². The van der Waals surface area contributed by atoms with Gasteiger partial charge in [0.2, 0.25) is 0 Å². The zero-order chi connectivity index (χ0) is 20.2. The maximum absolute atomic E-state index is 5.45. The summed E-state index contributed by atoms with van der Waals surface area (Å²) in [4.78, 5) is 0. The normalized spacial score (nSPS) is 12.1. The van der Waals surface area contributed by atoms with E-state index in [9.17, 15) is 0 Å². The van der Waals surface area contributed by atoms with E-state index in [2.05, 4.69) is 31.3 Å². The van der Waals surface area contributed by atoms with Gasteiger partial charge in [0.1, 0.15) is 0 Å². The first-order chi connectivity index (χ1) is 13.1. The van der Waals surface area contributed by atoms with Crippen molar-refractivity contribution < 1.29 is 31.0 Å². The Hall–Kier alpha value is 0.0869. The van der Waals surface area contributed by atoms with E-state index < -0.39 is 8.80 Å². The minimum atomic E-state index is -2.35. The average molecular weight is 438 g/mol. The number of hydrogen-bond acceptors (Lipinski definition) is 3. The lowest BCUT2D eigenvalue weighted by Crippen LogP contribution is -3.00. The summed E-state index contributed by atoms with van der Waals surface area (Å²) in [6.07, 6.45) is 19.3. The highest BCUT2D eigenvalue weighted by atomic mass is 35.5. The Morgan fingerprint density at radius 2 is 1.21 bits per heavy atom. The van der Waals surface area contributed by atoms with E-state index in [1.807, 2.05) is 0 Å². The first-order valence-corrected chi connectivity index (χ1v) is 13.2. The van der Waals surface area contributed by atoms with E-state index in [0.717, 1.165) is 24.9 Å². The van der Waals surface area contributed by atoms with Crippen LogP contribution >= 0.6 is 0 Å². The van der Waals surface area contributed by atoms with Crippen LogP contribution in [0.2, 0.25) is 6.04 Å². The van der Waals surface area contributed by atoms with Crippen LogP contribution < -0.4 is 17.7 Å². The van der Waals surface area contributed by atoms with Gasteiger partial charge in [-0.2, -0.15) is 0 Å². The molecule has 0 rings (SSSR count). The molecule has 0 aromatic carbocycles. The van der Waals surface area contributed by atoms with Crippen molar-refractivity contribution in [2.75, 3.05) is 34.4 Å². The van der Waals surface area contributed by atoms with Gasteiger partial charge in [-0.3, -0.25) is 0 Å². The van der Waals surface area contributed by atoms with Gasteiger partial charge in [-0.1, -0.05) is 51.7 Å². The van der Waals surface area contributed by atoms with Crippen LogP contribution in [0.4, 0.5) is 0 Å². The number of unbranched alkanes of at least 4 members (excludes halogenated alkanes) is 7. The first kappa shape index (κ1) is 30.3. The van der Waals surface area contributed by atoms with Gasteiger partial charge in [0.25, 0.3) is 0 Å². The molecule has 0 saturated carbocycles. The van der Waals surface area contributed by atoms with E-state index in [4.69, 9.17) is 13.3 Å². The topological polar surface area (TPSA) is 44.3 Å². The quantitative estimate of drug-likeness (QED) is 0.180. The van der Waals surface area contributed by atoms with Crippen molar-refractivity contribution in [3.8, 4) is 0 Å². The zero-order valence-electron chi connectivity index (χ0n) is 19.3. The second-order valence-corrected chi connectivity index (χ2v) is 11.1. The third-order valence-corrected chi connectivity index (χ3v) is 8.00. The lowest BCUT2D eigenvalue weighted by Gasteiger charge is -2.23. The lowest BCUT2D eigenvalue weighted by molar-refractivity contribution is -0.655. The highest BCUT2D eigenvalue weighted by Crippen LogP contribution is 2.14. The van der Waals surface area contributed by atoms with Gasteiger partial charge in [0, 0.05) is 33.8 Å². The minimum absolute atomic E-state index is 0. The SMILES string of the molecule is CO[Si](CCC[NH2+]CCCCCCCC/C=C\CCCC(C)C)(OC)OC.[Cl-]. The molecular formula is C22H48ClNO3Si. The number of halogens is 1. The van der Waals surface area contributed by atoms with Crippen molar-refractivity contribution in [2.45, 2.75) is 90.5 Å². The van der Waals surface area contributed by atoms with E-state index in [-0.39, 0.29) is 12.4 Å². The highest BCUT2D eigenvalue weighted by Gasteiger charge is 2.37. The molecule has 6 heteroatoms. The molecule has 0 aliphatic heterocycles. The monoisotopic (exact) mass is 437 g/mol. The molecule has 170 valence electrons. The van der Waals surface area contributed by atoms with Crippen molar-refractivity contribution in [3.63, 3.8) is 0 Å². The third kappa shape index (κ3) is 18.1. The van der Waals surface area contributed by atoms with Crippen LogP contribution in [0.3, 0.4) is 0 Å². The van der Waals surface area contributed by atoms with Crippen LogP contribution in [0.5, 0.6) is 0 Å². The van der Waals surface area contributed by atoms with Crippen LogP contribution in [-0.2, 0) is 13.3 Å². The van der Waals surface area contributed by atoms with E-state index in [0.29, 0.717) is 0 Å². The molecule has 0 aromatic heterocycles. The molecule has 0 radical (unpaired) electrons. The molecule has 0 heterocycles. The summed E-state index contributed by atoms with van der Waals surface area (Å²) in [5, 5.41) is 2.42. The average Bonchev–Trinajstić information content (AvgIpc) is 2.67. The number of hydrogen-bond donors (Lipinski definition) is 1. The Morgan fingerprint density at radius 3 is 1.79 bits per heavy atom. The van der Waals surface area contributed by atoms with Crippen LogP contribution in [0, 0.1) is 5.92 Å². The summed E-state index contributed by atoms with van der Waals surface area (Å²) >= 11 is 0. The minimum Gasteiger partial charge on any atom is -1.00 e. The fourth-order valence-corrected chi connectivity index (χ4v) is 5.05. The largest absolute Gasteiger partial charge is 1.00 e. The first-order valence-electron chi connectivity index (χ1n) is 11.2. The number of quaternary nitrogens is 1. The second kappa shape index (κ2) is 21.8. The molecule has 0 bridgehead atoms. The summed E-state index contributed by atoms with van der Waals surface area (Å²) in [5.74, 6) is 0.846. The van der Waals surface area contributed by atoms with Gasteiger partial charge in [-0.05, 0) is 44.4 Å². The molecule has 0 amide bonds. The molecule has 0 saturated heterocycles. The molecule has 0 spiro atoms. The van der Waals surface area contributed by atoms with Crippen molar-refractivity contribution in [1.29, 1.82) is 0 Å². The highest BCUT2D eigenvalue weighted by molar-refractivity contribution is 6.60. The van der Waals surface area contributed by atoms with Crippen LogP contribution in [0.15, 0.2) is 12.2 Å². The molecule has 28 heavy (non-hydrogen) atoms. The van der Waals surface area contributed by atoms with Gasteiger partial charge < -0.3 is 31.0 Å². The number of allylic oxidation sites excluding steroid dienone is 2. The maximum atomic E-state index is 5.45. The van der Waals surface area contributed by atoms with Crippen LogP contribution in [0.1, 0.15) is 84.5 Å². The lowest BCUT2D eigenvalue weighted by atomic mass is 10.1. The summed E-state index contributed by atoms with van der Waals surface area (Å²) in [5.41, 5.74) is 0. The number of rotatable bonds is 20. The molecule has 2 N–H and O–H groups in total. The Kier molecular flexibility index (Phi) is 23.6. The predicted octanol–water partition coefficient (Wildman–Crippen LogP) is 1.94. The predicted molar refractivity (Wildman–Crippen MR) is 118 cm³/mol.